The third kappa shape index (κ3) is 4.45. The van der Waals surface area contributed by atoms with Crippen molar-refractivity contribution in [1.29, 1.82) is 0 Å². The summed E-state index contributed by atoms with van der Waals surface area (Å²) >= 11 is 0. The summed E-state index contributed by atoms with van der Waals surface area (Å²) in [6.45, 7) is 5.69. The van der Waals surface area contributed by atoms with Crippen molar-refractivity contribution in [2.75, 3.05) is 22.1 Å². The molecule has 1 aliphatic heterocycles. The lowest BCUT2D eigenvalue weighted by Crippen LogP contribution is -2.34. The topological polar surface area (TPSA) is 108 Å². The monoisotopic (exact) mass is 414 g/mol. The first-order valence-electron chi connectivity index (χ1n) is 9.13. The van der Waals surface area contributed by atoms with Gasteiger partial charge in [-0.05, 0) is 55.8 Å². The van der Waals surface area contributed by atoms with Gasteiger partial charge in [-0.15, -0.1) is 4.40 Å². The van der Waals surface area contributed by atoms with Crippen LogP contribution in [-0.2, 0) is 14.8 Å². The molecule has 3 rings (SSSR count). The molecule has 2 aromatic rings. The average Bonchev–Trinajstić information content (AvgIpc) is 2.65. The zero-order valence-electron chi connectivity index (χ0n) is 16.4. The average molecular weight is 414 g/mol. The molecule has 2 amide bonds. The Kier molecular flexibility index (Phi) is 5.69. The summed E-state index contributed by atoms with van der Waals surface area (Å²) in [6, 6.07) is 11.2. The van der Waals surface area contributed by atoms with Crippen molar-refractivity contribution in [3.63, 3.8) is 0 Å². The Bertz CT molecular complexity index is 1090. The van der Waals surface area contributed by atoms with Crippen LogP contribution in [0.25, 0.3) is 0 Å². The Labute approximate surface area is 169 Å². The van der Waals surface area contributed by atoms with Crippen LogP contribution in [0.3, 0.4) is 0 Å². The molecule has 1 heterocycles. The van der Waals surface area contributed by atoms with Crippen LogP contribution in [0.15, 0.2) is 51.8 Å². The number of sulfonamides is 1. The van der Waals surface area contributed by atoms with Gasteiger partial charge in [-0.25, -0.2) is 0 Å². The quantitative estimate of drug-likeness (QED) is 0.781. The summed E-state index contributed by atoms with van der Waals surface area (Å²) in [5.41, 5.74) is 1.87. The first kappa shape index (κ1) is 20.5. The lowest BCUT2D eigenvalue weighted by Gasteiger charge is -2.29. The molecule has 8 nitrogen and oxygen atoms in total. The van der Waals surface area contributed by atoms with E-state index in [0.717, 1.165) is 6.42 Å². The van der Waals surface area contributed by atoms with E-state index in [4.69, 9.17) is 0 Å². The summed E-state index contributed by atoms with van der Waals surface area (Å²) in [5.74, 6) is -0.216. The van der Waals surface area contributed by atoms with E-state index < -0.39 is 15.9 Å². The van der Waals surface area contributed by atoms with Gasteiger partial charge in [-0.1, -0.05) is 6.92 Å². The number of fused-ring (bicyclic) bond motifs is 1. The van der Waals surface area contributed by atoms with Crippen molar-refractivity contribution in [1.82, 2.24) is 0 Å². The summed E-state index contributed by atoms with van der Waals surface area (Å²) in [6.07, 6.45) is 0.822. The molecule has 0 aromatic heterocycles. The second-order valence-corrected chi connectivity index (χ2v) is 8.23. The van der Waals surface area contributed by atoms with E-state index in [1.54, 1.807) is 43.3 Å². The Morgan fingerprint density at radius 2 is 1.66 bits per heavy atom. The van der Waals surface area contributed by atoms with Crippen molar-refractivity contribution in [3.8, 4) is 0 Å². The molecule has 0 radical (unpaired) electrons. The second kappa shape index (κ2) is 8.04. The van der Waals surface area contributed by atoms with Crippen LogP contribution in [0, 0.1) is 0 Å². The predicted molar refractivity (Wildman–Crippen MR) is 113 cm³/mol. The van der Waals surface area contributed by atoms with Crippen molar-refractivity contribution in [2.24, 2.45) is 4.40 Å². The van der Waals surface area contributed by atoms with Gasteiger partial charge >= 0.3 is 0 Å². The number of amidine groups is 1. The van der Waals surface area contributed by atoms with E-state index in [9.17, 15) is 18.0 Å². The third-order valence-electron chi connectivity index (χ3n) is 4.34. The fourth-order valence-corrected chi connectivity index (χ4v) is 4.34. The van der Waals surface area contributed by atoms with Crippen LogP contribution >= 0.6 is 0 Å². The van der Waals surface area contributed by atoms with E-state index in [1.807, 2.05) is 11.8 Å². The van der Waals surface area contributed by atoms with Crippen LogP contribution < -0.4 is 15.5 Å². The number of benzene rings is 2. The summed E-state index contributed by atoms with van der Waals surface area (Å²) in [4.78, 5) is 25.5. The second-order valence-electron chi connectivity index (χ2n) is 6.66. The van der Waals surface area contributed by atoms with Gasteiger partial charge in [0.1, 0.15) is 10.7 Å². The highest BCUT2D eigenvalue weighted by Gasteiger charge is 2.29. The molecule has 0 aliphatic carbocycles. The Hall–Kier alpha value is -3.20. The lowest BCUT2D eigenvalue weighted by molar-refractivity contribution is -0.114. The summed E-state index contributed by atoms with van der Waals surface area (Å²) in [7, 11) is -3.86. The minimum atomic E-state index is -3.86. The van der Waals surface area contributed by atoms with E-state index in [1.165, 1.54) is 13.0 Å². The molecule has 0 fully saturated rings. The summed E-state index contributed by atoms with van der Waals surface area (Å²) < 4.78 is 28.8. The molecule has 9 heteroatoms. The molecule has 0 atom stereocenters. The molecule has 0 saturated heterocycles. The number of rotatable bonds is 5. The van der Waals surface area contributed by atoms with Gasteiger partial charge in [0, 0.05) is 30.4 Å². The number of carbonyl (C=O) groups excluding carboxylic acids is 2. The standard InChI is InChI=1S/C20H22N4O4S/c1-4-11-24-13(2)23-29(27,28)19-12-15(5-10-18(19)24)20(26)22-17-8-6-16(7-9-17)21-14(3)25/h5-10,12H,4,11H2,1-3H3,(H,21,25)(H,22,26). The zero-order chi connectivity index (χ0) is 21.2. The maximum atomic E-state index is 12.6. The molecule has 152 valence electrons. The van der Waals surface area contributed by atoms with E-state index in [2.05, 4.69) is 15.0 Å². The van der Waals surface area contributed by atoms with Gasteiger partial charge in [0.2, 0.25) is 5.91 Å². The fraction of sp³-hybridized carbons (Fsp3) is 0.250. The highest BCUT2D eigenvalue weighted by atomic mass is 32.2. The Morgan fingerprint density at radius 1 is 1.03 bits per heavy atom. The van der Waals surface area contributed by atoms with Crippen molar-refractivity contribution >= 4 is 44.7 Å². The van der Waals surface area contributed by atoms with Crippen LogP contribution in [0.4, 0.5) is 17.1 Å². The van der Waals surface area contributed by atoms with Crippen LogP contribution in [-0.4, -0.2) is 32.6 Å². The van der Waals surface area contributed by atoms with Crippen molar-refractivity contribution < 1.29 is 18.0 Å². The Balaban J connectivity index is 1.86. The Morgan fingerprint density at radius 3 is 2.24 bits per heavy atom. The molecule has 2 N–H and O–H groups in total. The van der Waals surface area contributed by atoms with Crippen LogP contribution in [0.2, 0.25) is 0 Å². The smallest absolute Gasteiger partial charge is 0.286 e. The largest absolute Gasteiger partial charge is 0.328 e. The number of nitrogens with one attached hydrogen (secondary N) is 2. The van der Waals surface area contributed by atoms with E-state index in [-0.39, 0.29) is 16.4 Å². The van der Waals surface area contributed by atoms with Crippen LogP contribution in [0.1, 0.15) is 37.6 Å². The highest BCUT2D eigenvalue weighted by molar-refractivity contribution is 7.90. The maximum Gasteiger partial charge on any atom is 0.286 e. The number of carbonyl (C=O) groups is 2. The normalized spacial score (nSPS) is 14.6. The maximum absolute atomic E-state index is 12.6. The minimum absolute atomic E-state index is 0.0187. The molecule has 0 spiro atoms. The molecular weight excluding hydrogens is 392 g/mol. The molecule has 0 saturated carbocycles. The molecule has 2 aromatic carbocycles. The lowest BCUT2D eigenvalue weighted by atomic mass is 10.1. The van der Waals surface area contributed by atoms with Gasteiger partial charge in [0.15, 0.2) is 0 Å². The number of hydrogen-bond donors (Lipinski definition) is 2. The fourth-order valence-electron chi connectivity index (χ4n) is 3.08. The van der Waals surface area contributed by atoms with Gasteiger partial charge < -0.3 is 15.5 Å². The highest BCUT2D eigenvalue weighted by Crippen LogP contribution is 2.32. The van der Waals surface area contributed by atoms with E-state index in [0.29, 0.717) is 29.4 Å². The molecule has 1 aliphatic rings. The molecule has 0 unspecified atom stereocenters. The van der Waals surface area contributed by atoms with Gasteiger partial charge in [0.05, 0.1) is 5.69 Å². The van der Waals surface area contributed by atoms with Crippen molar-refractivity contribution in [3.05, 3.63) is 48.0 Å². The molecule has 29 heavy (non-hydrogen) atoms. The third-order valence-corrected chi connectivity index (χ3v) is 5.73. The number of amides is 2. The first-order chi connectivity index (χ1) is 13.7. The van der Waals surface area contributed by atoms with Gasteiger partial charge in [-0.2, -0.15) is 8.42 Å². The molecular formula is C20H22N4O4S. The first-order valence-corrected chi connectivity index (χ1v) is 10.6. The number of hydrogen-bond acceptors (Lipinski definition) is 5. The zero-order valence-corrected chi connectivity index (χ0v) is 17.2. The SMILES string of the molecule is CCCN1C(C)=NS(=O)(=O)c2cc(C(=O)Nc3ccc(NC(C)=O)cc3)ccc21. The number of anilines is 3. The van der Waals surface area contributed by atoms with Gasteiger partial charge in [0.25, 0.3) is 15.9 Å². The van der Waals surface area contributed by atoms with E-state index >= 15 is 0 Å². The van der Waals surface area contributed by atoms with Crippen LogP contribution in [0.5, 0.6) is 0 Å². The number of nitrogens with zero attached hydrogens (tertiary/aromatic N) is 2. The summed E-state index contributed by atoms with van der Waals surface area (Å²) in [5, 5.41) is 5.36. The minimum Gasteiger partial charge on any atom is -0.328 e. The van der Waals surface area contributed by atoms with Crippen molar-refractivity contribution in [2.45, 2.75) is 32.1 Å². The molecule has 0 bridgehead atoms. The predicted octanol–water partition coefficient (Wildman–Crippen LogP) is 3.23. The van der Waals surface area contributed by atoms with Gasteiger partial charge in [-0.3, -0.25) is 9.59 Å².